The summed E-state index contributed by atoms with van der Waals surface area (Å²) in [5.74, 6) is 1.47. The molecule has 1 aromatic heterocycles. The van der Waals surface area contributed by atoms with Crippen molar-refractivity contribution in [2.45, 2.75) is 0 Å². The van der Waals surface area contributed by atoms with Gasteiger partial charge >= 0.3 is 0 Å². The summed E-state index contributed by atoms with van der Waals surface area (Å²) in [6.45, 7) is 2.74. The van der Waals surface area contributed by atoms with Crippen LogP contribution in [0.4, 0.5) is 11.6 Å². The Morgan fingerprint density at radius 2 is 1.46 bits per heavy atom. The molecule has 2 heterocycles. The van der Waals surface area contributed by atoms with Crippen molar-refractivity contribution in [1.82, 2.24) is 9.97 Å². The van der Waals surface area contributed by atoms with E-state index in [1.165, 1.54) is 0 Å². The number of aromatic nitrogens is 2. The van der Waals surface area contributed by atoms with E-state index < -0.39 is 0 Å². The lowest BCUT2D eigenvalue weighted by atomic mass is 10.3. The molecular weight excluding hydrogens is 164 g/mol. The van der Waals surface area contributed by atoms with Crippen LogP contribution in [0, 0.1) is 6.67 Å². The van der Waals surface area contributed by atoms with Gasteiger partial charge in [-0.1, -0.05) is 12.1 Å². The summed E-state index contributed by atoms with van der Waals surface area (Å²) in [6.07, 6.45) is 0. The van der Waals surface area contributed by atoms with Gasteiger partial charge in [0, 0.05) is 0 Å². The third kappa shape index (κ3) is 0.917. The number of nitrogens with zero attached hydrogens (tertiary/aromatic N) is 2. The molecule has 4 nitrogen and oxygen atoms in total. The first kappa shape index (κ1) is 6.65. The van der Waals surface area contributed by atoms with Crippen molar-refractivity contribution in [3.63, 3.8) is 0 Å². The van der Waals surface area contributed by atoms with E-state index in [1.54, 1.807) is 0 Å². The van der Waals surface area contributed by atoms with Crippen LogP contribution in [0.3, 0.4) is 0 Å². The molecule has 0 unspecified atom stereocenters. The van der Waals surface area contributed by atoms with Crippen LogP contribution in [0.5, 0.6) is 0 Å². The summed E-state index contributed by atoms with van der Waals surface area (Å²) in [6, 6.07) is 7.75. The number of rotatable bonds is 0. The molecular formula is C9H6N4. The number of nitrogens with one attached hydrogen (secondary N) is 2. The van der Waals surface area contributed by atoms with Gasteiger partial charge in [-0.3, -0.25) is 0 Å². The smallest absolute Gasteiger partial charge is 0.205 e. The third-order valence-corrected chi connectivity index (χ3v) is 1.93. The largest absolute Gasteiger partial charge is 0.337 e. The third-order valence-electron chi connectivity index (χ3n) is 1.93. The van der Waals surface area contributed by atoms with Crippen LogP contribution < -0.4 is 10.6 Å². The van der Waals surface area contributed by atoms with Crippen molar-refractivity contribution in [2.24, 2.45) is 0 Å². The number of hydrogen-bond donors (Lipinski definition) is 2. The molecule has 0 bridgehead atoms. The first-order valence-electron chi connectivity index (χ1n) is 3.97. The summed E-state index contributed by atoms with van der Waals surface area (Å²) in [7, 11) is 0. The molecule has 0 spiro atoms. The number of hydrogen-bond acceptors (Lipinski definition) is 4. The number of fused-ring (bicyclic) bond motifs is 2. The molecule has 4 heteroatoms. The van der Waals surface area contributed by atoms with Crippen LogP contribution in [0.2, 0.25) is 0 Å². The van der Waals surface area contributed by atoms with Crippen LogP contribution in [-0.2, 0) is 0 Å². The van der Waals surface area contributed by atoms with E-state index in [4.69, 9.17) is 0 Å². The van der Waals surface area contributed by atoms with E-state index >= 15 is 0 Å². The zero-order valence-electron chi connectivity index (χ0n) is 6.70. The van der Waals surface area contributed by atoms with E-state index in [0.29, 0.717) is 0 Å². The Bertz CT molecular complexity index is 424. The van der Waals surface area contributed by atoms with Crippen molar-refractivity contribution in [1.29, 1.82) is 0 Å². The second kappa shape index (κ2) is 2.32. The van der Waals surface area contributed by atoms with Crippen LogP contribution >= 0.6 is 0 Å². The Morgan fingerprint density at radius 3 is 2.00 bits per heavy atom. The molecule has 0 saturated carbocycles. The molecule has 2 radical (unpaired) electrons. The number of benzene rings is 1. The van der Waals surface area contributed by atoms with Gasteiger partial charge in [0.2, 0.25) is 6.67 Å². The zero-order chi connectivity index (χ0) is 8.67. The minimum atomic E-state index is 0.735. The molecule has 0 atom stereocenters. The van der Waals surface area contributed by atoms with Crippen LogP contribution in [-0.4, -0.2) is 9.97 Å². The normalized spacial score (nSPS) is 13.5. The zero-order valence-corrected chi connectivity index (χ0v) is 6.70. The van der Waals surface area contributed by atoms with Crippen molar-refractivity contribution in [3.05, 3.63) is 30.9 Å². The second-order valence-electron chi connectivity index (χ2n) is 2.78. The quantitative estimate of drug-likeness (QED) is 0.628. The lowest BCUT2D eigenvalue weighted by Crippen LogP contribution is -1.90. The highest BCUT2D eigenvalue weighted by molar-refractivity contribution is 5.82. The Balaban J connectivity index is 2.36. The van der Waals surface area contributed by atoms with Gasteiger partial charge in [-0.25, -0.2) is 9.97 Å². The van der Waals surface area contributed by atoms with Crippen molar-refractivity contribution < 1.29 is 0 Å². The van der Waals surface area contributed by atoms with E-state index in [0.717, 1.165) is 22.7 Å². The number of para-hydroxylation sites is 2. The maximum Gasteiger partial charge on any atom is 0.205 e. The SMILES string of the molecule is [C]1Nc2nc3ccccc3nc2N1. The molecule has 0 amide bonds. The first-order valence-corrected chi connectivity index (χ1v) is 3.97. The molecule has 2 N–H and O–H groups in total. The summed E-state index contributed by atoms with van der Waals surface area (Å²) in [4.78, 5) is 8.71. The maximum atomic E-state index is 4.36. The highest BCUT2D eigenvalue weighted by atomic mass is 15.2. The standard InChI is InChI=1S/C9H6N4/c1-2-4-7-6(3-1)12-8-9(13-7)11-5-10-8/h1-4H,(H,10,12)(H,11,13). The predicted octanol–water partition coefficient (Wildman–Crippen LogP) is 1.46. The summed E-state index contributed by atoms with van der Waals surface area (Å²) in [5.41, 5.74) is 1.78. The lowest BCUT2D eigenvalue weighted by molar-refractivity contribution is 1.32. The van der Waals surface area contributed by atoms with Gasteiger partial charge in [0.1, 0.15) is 0 Å². The Kier molecular flexibility index (Phi) is 1.19. The summed E-state index contributed by atoms with van der Waals surface area (Å²) in [5, 5.41) is 5.72. The number of anilines is 2. The fraction of sp³-hybridized carbons (Fsp3) is 0. The van der Waals surface area contributed by atoms with Gasteiger partial charge in [0.05, 0.1) is 11.0 Å². The minimum absolute atomic E-state index is 0.735. The second-order valence-corrected chi connectivity index (χ2v) is 2.78. The van der Waals surface area contributed by atoms with Crippen LogP contribution in [0.25, 0.3) is 11.0 Å². The van der Waals surface area contributed by atoms with Crippen molar-refractivity contribution in [2.75, 3.05) is 10.6 Å². The van der Waals surface area contributed by atoms with Gasteiger partial charge in [0.25, 0.3) is 0 Å². The molecule has 0 saturated heterocycles. The fourth-order valence-corrected chi connectivity index (χ4v) is 1.32. The molecule has 62 valence electrons. The van der Waals surface area contributed by atoms with Crippen LogP contribution in [0.1, 0.15) is 0 Å². The summed E-state index contributed by atoms with van der Waals surface area (Å²) < 4.78 is 0. The minimum Gasteiger partial charge on any atom is -0.337 e. The van der Waals surface area contributed by atoms with Crippen molar-refractivity contribution in [3.8, 4) is 0 Å². The average molecular weight is 170 g/mol. The van der Waals surface area contributed by atoms with E-state index in [-0.39, 0.29) is 0 Å². The maximum absolute atomic E-state index is 4.36. The summed E-state index contributed by atoms with van der Waals surface area (Å²) >= 11 is 0. The highest BCUT2D eigenvalue weighted by Gasteiger charge is 2.13. The van der Waals surface area contributed by atoms with Crippen molar-refractivity contribution >= 4 is 22.7 Å². The molecule has 1 aliphatic rings. The molecule has 1 aromatic carbocycles. The van der Waals surface area contributed by atoms with Gasteiger partial charge in [0.15, 0.2) is 11.6 Å². The average Bonchev–Trinajstić information content (AvgIpc) is 2.61. The molecule has 0 fully saturated rings. The van der Waals surface area contributed by atoms with E-state index in [9.17, 15) is 0 Å². The lowest BCUT2D eigenvalue weighted by Gasteiger charge is -1.99. The molecule has 1 aliphatic heterocycles. The van der Waals surface area contributed by atoms with E-state index in [2.05, 4.69) is 27.3 Å². The monoisotopic (exact) mass is 170 g/mol. The van der Waals surface area contributed by atoms with Gasteiger partial charge < -0.3 is 10.6 Å². The molecule has 2 aromatic rings. The van der Waals surface area contributed by atoms with E-state index in [1.807, 2.05) is 24.3 Å². The van der Waals surface area contributed by atoms with Gasteiger partial charge in [-0.15, -0.1) is 0 Å². The van der Waals surface area contributed by atoms with Crippen LogP contribution in [0.15, 0.2) is 24.3 Å². The van der Waals surface area contributed by atoms with Gasteiger partial charge in [-0.05, 0) is 12.1 Å². The van der Waals surface area contributed by atoms with Gasteiger partial charge in [-0.2, -0.15) is 0 Å². The Morgan fingerprint density at radius 1 is 0.923 bits per heavy atom. The molecule has 0 aliphatic carbocycles. The predicted molar refractivity (Wildman–Crippen MR) is 50.0 cm³/mol. The Hall–Kier alpha value is -1.84. The first-order chi connectivity index (χ1) is 6.43. The Labute approximate surface area is 75.0 Å². The molecule has 3 rings (SSSR count). The molecule has 13 heavy (non-hydrogen) atoms. The highest BCUT2D eigenvalue weighted by Crippen LogP contribution is 2.25. The topological polar surface area (TPSA) is 49.8 Å². The fourth-order valence-electron chi connectivity index (χ4n) is 1.32.